The second kappa shape index (κ2) is 11.1. The highest BCUT2D eigenvalue weighted by Crippen LogP contribution is 2.14. The SMILES string of the molecule is COC(=O)c1cc(C[C@@H](COC(=O)c2ccccc2)NC(=O)c2ccccc2)c(=O)n2ccccc12. The van der Waals surface area contributed by atoms with Gasteiger partial charge in [0.15, 0.2) is 0 Å². The van der Waals surface area contributed by atoms with Crippen LogP contribution in [0.3, 0.4) is 0 Å². The van der Waals surface area contributed by atoms with E-state index in [4.69, 9.17) is 9.47 Å². The zero-order valence-corrected chi connectivity index (χ0v) is 19.5. The van der Waals surface area contributed by atoms with E-state index < -0.39 is 18.0 Å². The molecule has 0 aliphatic heterocycles. The van der Waals surface area contributed by atoms with Crippen LogP contribution in [-0.2, 0) is 15.9 Å². The zero-order chi connectivity index (χ0) is 25.5. The van der Waals surface area contributed by atoms with Crippen molar-refractivity contribution in [2.45, 2.75) is 12.5 Å². The third kappa shape index (κ3) is 5.50. The fourth-order valence-electron chi connectivity index (χ4n) is 3.83. The number of nitrogens with one attached hydrogen (secondary N) is 1. The summed E-state index contributed by atoms with van der Waals surface area (Å²) in [6.07, 6.45) is 1.57. The van der Waals surface area contributed by atoms with Crippen LogP contribution in [0.15, 0.2) is 95.9 Å². The van der Waals surface area contributed by atoms with Gasteiger partial charge < -0.3 is 14.8 Å². The van der Waals surface area contributed by atoms with Crippen LogP contribution in [0.1, 0.15) is 36.6 Å². The van der Waals surface area contributed by atoms with Crippen molar-refractivity contribution in [3.63, 3.8) is 0 Å². The molecule has 4 aromatic rings. The number of fused-ring (bicyclic) bond motifs is 1. The molecule has 182 valence electrons. The minimum Gasteiger partial charge on any atom is -0.465 e. The number of ether oxygens (including phenoxy) is 2. The summed E-state index contributed by atoms with van der Waals surface area (Å²) in [5.74, 6) is -1.54. The molecular weight excluding hydrogens is 460 g/mol. The summed E-state index contributed by atoms with van der Waals surface area (Å²) >= 11 is 0. The zero-order valence-electron chi connectivity index (χ0n) is 19.5. The van der Waals surface area contributed by atoms with E-state index in [0.29, 0.717) is 16.6 Å². The molecule has 1 N–H and O–H groups in total. The minimum absolute atomic E-state index is 0.0152. The predicted octanol–water partition coefficient (Wildman–Crippen LogP) is 3.28. The Hall–Kier alpha value is -4.72. The Morgan fingerprint density at radius 2 is 1.50 bits per heavy atom. The van der Waals surface area contributed by atoms with Crippen molar-refractivity contribution in [3.05, 3.63) is 124 Å². The van der Waals surface area contributed by atoms with Gasteiger partial charge in [-0.05, 0) is 42.5 Å². The molecule has 0 aliphatic rings. The van der Waals surface area contributed by atoms with Crippen LogP contribution in [-0.4, -0.2) is 42.0 Å². The molecule has 8 heteroatoms. The number of hydrogen-bond acceptors (Lipinski definition) is 6. The first-order valence-electron chi connectivity index (χ1n) is 11.3. The summed E-state index contributed by atoms with van der Waals surface area (Å²) in [5, 5.41) is 2.85. The molecule has 0 saturated heterocycles. The van der Waals surface area contributed by atoms with Gasteiger partial charge in [0.1, 0.15) is 6.61 Å². The average Bonchev–Trinajstić information content (AvgIpc) is 2.93. The monoisotopic (exact) mass is 484 g/mol. The van der Waals surface area contributed by atoms with Gasteiger partial charge in [-0.2, -0.15) is 0 Å². The summed E-state index contributed by atoms with van der Waals surface area (Å²) in [7, 11) is 1.26. The highest BCUT2D eigenvalue weighted by molar-refractivity contribution is 5.97. The molecular formula is C28H24N2O6. The Bertz CT molecular complexity index is 1450. The Balaban J connectivity index is 1.65. The topological polar surface area (TPSA) is 103 Å². The van der Waals surface area contributed by atoms with Crippen molar-refractivity contribution in [3.8, 4) is 0 Å². The van der Waals surface area contributed by atoms with Gasteiger partial charge in [-0.25, -0.2) is 9.59 Å². The number of rotatable bonds is 8. The second-order valence-corrected chi connectivity index (χ2v) is 8.04. The van der Waals surface area contributed by atoms with Gasteiger partial charge in [0, 0.05) is 23.7 Å². The smallest absolute Gasteiger partial charge is 0.340 e. The Labute approximate surface area is 207 Å². The number of esters is 2. The maximum Gasteiger partial charge on any atom is 0.340 e. The lowest BCUT2D eigenvalue weighted by molar-refractivity contribution is 0.0456. The number of aromatic nitrogens is 1. The summed E-state index contributed by atoms with van der Waals surface area (Å²) in [6, 6.07) is 22.8. The summed E-state index contributed by atoms with van der Waals surface area (Å²) in [4.78, 5) is 51.1. The number of pyridine rings is 2. The van der Waals surface area contributed by atoms with Crippen molar-refractivity contribution in [2.24, 2.45) is 0 Å². The van der Waals surface area contributed by atoms with Crippen molar-refractivity contribution in [1.29, 1.82) is 0 Å². The first-order chi connectivity index (χ1) is 17.5. The van der Waals surface area contributed by atoms with Crippen LogP contribution in [0.4, 0.5) is 0 Å². The van der Waals surface area contributed by atoms with Crippen molar-refractivity contribution >= 4 is 23.4 Å². The van der Waals surface area contributed by atoms with Gasteiger partial charge in [-0.15, -0.1) is 0 Å². The summed E-state index contributed by atoms with van der Waals surface area (Å²) in [6.45, 7) is -0.184. The van der Waals surface area contributed by atoms with Crippen LogP contribution in [0, 0.1) is 0 Å². The maximum absolute atomic E-state index is 13.2. The molecule has 1 amide bonds. The molecule has 0 unspecified atom stereocenters. The van der Waals surface area contributed by atoms with E-state index >= 15 is 0 Å². The van der Waals surface area contributed by atoms with Crippen LogP contribution >= 0.6 is 0 Å². The molecule has 0 radical (unpaired) electrons. The van der Waals surface area contributed by atoms with E-state index in [-0.39, 0.29) is 35.6 Å². The molecule has 2 aromatic carbocycles. The average molecular weight is 485 g/mol. The predicted molar refractivity (Wildman–Crippen MR) is 133 cm³/mol. The number of amides is 1. The molecule has 0 bridgehead atoms. The number of nitrogens with zero attached hydrogens (tertiary/aromatic N) is 1. The lowest BCUT2D eigenvalue weighted by atomic mass is 10.0. The van der Waals surface area contributed by atoms with Gasteiger partial charge in [-0.1, -0.05) is 42.5 Å². The fraction of sp³-hybridized carbons (Fsp3) is 0.143. The molecule has 2 heterocycles. The van der Waals surface area contributed by atoms with E-state index in [1.54, 1.807) is 85.1 Å². The van der Waals surface area contributed by atoms with Gasteiger partial charge >= 0.3 is 11.9 Å². The molecule has 0 spiro atoms. The Kier molecular flexibility index (Phi) is 7.55. The molecule has 8 nitrogen and oxygen atoms in total. The molecule has 0 saturated carbocycles. The number of methoxy groups -OCH3 is 1. The summed E-state index contributed by atoms with van der Waals surface area (Å²) < 4.78 is 11.7. The van der Waals surface area contributed by atoms with Crippen LogP contribution < -0.4 is 10.9 Å². The number of hydrogen-bond donors (Lipinski definition) is 1. The summed E-state index contributed by atoms with van der Waals surface area (Å²) in [5.41, 5.74) is 1.30. The third-order valence-electron chi connectivity index (χ3n) is 5.62. The van der Waals surface area contributed by atoms with E-state index in [1.807, 2.05) is 0 Å². The van der Waals surface area contributed by atoms with Gasteiger partial charge in [0.25, 0.3) is 11.5 Å². The normalized spacial score (nSPS) is 11.5. The molecule has 2 aromatic heterocycles. The second-order valence-electron chi connectivity index (χ2n) is 8.04. The Morgan fingerprint density at radius 1 is 0.861 bits per heavy atom. The van der Waals surface area contributed by atoms with Gasteiger partial charge in [-0.3, -0.25) is 14.0 Å². The molecule has 0 aliphatic carbocycles. The lowest BCUT2D eigenvalue weighted by Gasteiger charge is -2.20. The van der Waals surface area contributed by atoms with E-state index in [2.05, 4.69) is 5.32 Å². The third-order valence-corrected chi connectivity index (χ3v) is 5.62. The standard InChI is InChI=1S/C28H24N2O6/c1-35-28(34)23-17-21(26(32)30-15-9-8-14-24(23)30)16-22(29-25(31)19-10-4-2-5-11-19)18-36-27(33)20-12-6-3-7-13-20/h2-15,17,22H,16,18H2,1H3,(H,29,31)/t22-/m0/s1. The van der Waals surface area contributed by atoms with Gasteiger partial charge in [0.2, 0.25) is 0 Å². The highest BCUT2D eigenvalue weighted by Gasteiger charge is 2.22. The van der Waals surface area contributed by atoms with Crippen molar-refractivity contribution in [1.82, 2.24) is 9.72 Å². The largest absolute Gasteiger partial charge is 0.465 e. The van der Waals surface area contributed by atoms with Crippen LogP contribution in [0.2, 0.25) is 0 Å². The number of carbonyl (C=O) groups excluding carboxylic acids is 3. The first kappa shape index (κ1) is 24.4. The number of benzene rings is 2. The molecule has 0 fully saturated rings. The van der Waals surface area contributed by atoms with Crippen molar-refractivity contribution < 1.29 is 23.9 Å². The van der Waals surface area contributed by atoms with E-state index in [1.165, 1.54) is 17.6 Å². The highest BCUT2D eigenvalue weighted by atomic mass is 16.5. The maximum atomic E-state index is 13.2. The fourth-order valence-corrected chi connectivity index (χ4v) is 3.83. The van der Waals surface area contributed by atoms with E-state index in [0.717, 1.165) is 0 Å². The van der Waals surface area contributed by atoms with Crippen LogP contribution in [0.25, 0.3) is 5.52 Å². The first-order valence-corrected chi connectivity index (χ1v) is 11.3. The number of carbonyl (C=O) groups is 3. The molecule has 1 atom stereocenters. The Morgan fingerprint density at radius 3 is 2.17 bits per heavy atom. The molecule has 36 heavy (non-hydrogen) atoms. The van der Waals surface area contributed by atoms with Crippen molar-refractivity contribution in [2.75, 3.05) is 13.7 Å². The lowest BCUT2D eigenvalue weighted by Crippen LogP contribution is -2.41. The molecule has 4 rings (SSSR count). The minimum atomic E-state index is -0.745. The quantitative estimate of drug-likeness (QED) is 0.385. The van der Waals surface area contributed by atoms with E-state index in [9.17, 15) is 19.2 Å². The van der Waals surface area contributed by atoms with Gasteiger partial charge in [0.05, 0.1) is 29.8 Å². The van der Waals surface area contributed by atoms with Crippen LogP contribution in [0.5, 0.6) is 0 Å².